The van der Waals surface area contributed by atoms with Gasteiger partial charge in [-0.25, -0.2) is 9.78 Å². The van der Waals surface area contributed by atoms with Crippen molar-refractivity contribution in [2.75, 3.05) is 5.32 Å². The second kappa shape index (κ2) is 5.58. The number of carbonyl (C=O) groups is 1. The molecule has 0 aliphatic rings. The van der Waals surface area contributed by atoms with Gasteiger partial charge in [0.05, 0.1) is 12.8 Å². The van der Waals surface area contributed by atoms with Gasteiger partial charge in [0, 0.05) is 11.3 Å². The van der Waals surface area contributed by atoms with Crippen LogP contribution in [0.25, 0.3) is 6.08 Å². The van der Waals surface area contributed by atoms with E-state index in [9.17, 15) is 4.79 Å². The van der Waals surface area contributed by atoms with Crippen molar-refractivity contribution in [2.24, 2.45) is 0 Å². The van der Waals surface area contributed by atoms with Gasteiger partial charge in [-0.05, 0) is 18.2 Å². The summed E-state index contributed by atoms with van der Waals surface area (Å²) < 4.78 is 5.18. The summed E-state index contributed by atoms with van der Waals surface area (Å²) >= 11 is 5.81. The summed E-state index contributed by atoms with van der Waals surface area (Å²) in [6.07, 6.45) is 2.99. The van der Waals surface area contributed by atoms with E-state index in [0.29, 0.717) is 17.8 Å². The number of carboxylic acid groups (broad SMARTS) is 1. The van der Waals surface area contributed by atoms with Crippen molar-refractivity contribution in [1.29, 1.82) is 0 Å². The largest absolute Gasteiger partial charge is 0.476 e. The van der Waals surface area contributed by atoms with Gasteiger partial charge >= 0.3 is 5.97 Å². The standard InChI is InChI=1S/C13H11ClN2O3/c1-2-9-10(15-7-8-4-3-5-19-8)6-11(14)16-12(9)13(17)18/h2-6H,1,7H2,(H,15,16)(H,17,18). The Balaban J connectivity index is 2.33. The summed E-state index contributed by atoms with van der Waals surface area (Å²) in [7, 11) is 0. The highest BCUT2D eigenvalue weighted by molar-refractivity contribution is 6.30. The Labute approximate surface area is 114 Å². The monoisotopic (exact) mass is 278 g/mol. The predicted octanol–water partition coefficient (Wildman–Crippen LogP) is 3.28. The third kappa shape index (κ3) is 2.95. The van der Waals surface area contributed by atoms with Crippen molar-refractivity contribution in [3.8, 4) is 0 Å². The molecule has 0 amide bonds. The highest BCUT2D eigenvalue weighted by Crippen LogP contribution is 2.24. The highest BCUT2D eigenvalue weighted by Gasteiger charge is 2.15. The van der Waals surface area contributed by atoms with Gasteiger partial charge in [0.1, 0.15) is 10.9 Å². The molecule has 5 nitrogen and oxygen atoms in total. The van der Waals surface area contributed by atoms with E-state index in [4.69, 9.17) is 21.1 Å². The smallest absolute Gasteiger partial charge is 0.355 e. The Morgan fingerprint density at radius 3 is 3.00 bits per heavy atom. The number of aromatic carboxylic acids is 1. The van der Waals surface area contributed by atoms with E-state index in [1.54, 1.807) is 18.4 Å². The van der Waals surface area contributed by atoms with Crippen molar-refractivity contribution in [1.82, 2.24) is 4.98 Å². The minimum Gasteiger partial charge on any atom is -0.476 e. The van der Waals surface area contributed by atoms with E-state index in [2.05, 4.69) is 16.9 Å². The maximum absolute atomic E-state index is 11.1. The van der Waals surface area contributed by atoms with Crippen LogP contribution in [0.2, 0.25) is 5.15 Å². The molecular weight excluding hydrogens is 268 g/mol. The lowest BCUT2D eigenvalue weighted by molar-refractivity contribution is 0.0690. The first kappa shape index (κ1) is 13.2. The van der Waals surface area contributed by atoms with E-state index in [0.717, 1.165) is 5.76 Å². The number of furan rings is 1. The number of pyridine rings is 1. The molecule has 2 heterocycles. The molecule has 0 radical (unpaired) electrons. The maximum atomic E-state index is 11.1. The number of hydrogen-bond donors (Lipinski definition) is 2. The molecule has 0 atom stereocenters. The summed E-state index contributed by atoms with van der Waals surface area (Å²) in [4.78, 5) is 14.9. The first-order chi connectivity index (χ1) is 9.11. The zero-order chi connectivity index (χ0) is 13.8. The first-order valence-electron chi connectivity index (χ1n) is 5.44. The van der Waals surface area contributed by atoms with Gasteiger partial charge < -0.3 is 14.8 Å². The number of nitrogens with zero attached hydrogens (tertiary/aromatic N) is 1. The minimum absolute atomic E-state index is 0.102. The van der Waals surface area contributed by atoms with Gasteiger partial charge in [0.2, 0.25) is 0 Å². The van der Waals surface area contributed by atoms with Gasteiger partial charge in [0.25, 0.3) is 0 Å². The average molecular weight is 279 g/mol. The molecule has 0 fully saturated rings. The van der Waals surface area contributed by atoms with Crippen LogP contribution >= 0.6 is 11.6 Å². The Hall–Kier alpha value is -2.27. The molecule has 2 rings (SSSR count). The average Bonchev–Trinajstić information content (AvgIpc) is 2.88. The maximum Gasteiger partial charge on any atom is 0.355 e. The summed E-state index contributed by atoms with van der Waals surface area (Å²) in [6.45, 7) is 4.01. The van der Waals surface area contributed by atoms with E-state index in [1.165, 1.54) is 6.08 Å². The van der Waals surface area contributed by atoms with Crippen LogP contribution in [-0.2, 0) is 6.54 Å². The van der Waals surface area contributed by atoms with E-state index < -0.39 is 5.97 Å². The van der Waals surface area contributed by atoms with Gasteiger partial charge in [-0.15, -0.1) is 0 Å². The zero-order valence-electron chi connectivity index (χ0n) is 9.89. The number of nitrogens with one attached hydrogen (secondary N) is 1. The molecule has 2 aromatic heterocycles. The van der Waals surface area contributed by atoms with Gasteiger partial charge in [-0.2, -0.15) is 0 Å². The second-order valence-corrected chi connectivity index (χ2v) is 4.08. The lowest BCUT2D eigenvalue weighted by Crippen LogP contribution is -2.08. The van der Waals surface area contributed by atoms with Crippen molar-refractivity contribution < 1.29 is 14.3 Å². The topological polar surface area (TPSA) is 75.4 Å². The summed E-state index contributed by atoms with van der Waals surface area (Å²) in [5.74, 6) is -0.432. The third-order valence-corrected chi connectivity index (χ3v) is 2.66. The Morgan fingerprint density at radius 2 is 2.42 bits per heavy atom. The van der Waals surface area contributed by atoms with Crippen LogP contribution in [0.4, 0.5) is 5.69 Å². The molecule has 0 bridgehead atoms. The third-order valence-electron chi connectivity index (χ3n) is 2.47. The number of anilines is 1. The van der Waals surface area contributed by atoms with Crippen LogP contribution < -0.4 is 5.32 Å². The van der Waals surface area contributed by atoms with Crippen molar-refractivity contribution in [2.45, 2.75) is 6.54 Å². The number of hydrogen-bond acceptors (Lipinski definition) is 4. The molecule has 2 N–H and O–H groups in total. The Kier molecular flexibility index (Phi) is 3.87. The molecule has 0 saturated carbocycles. The molecular formula is C13H11ClN2O3. The van der Waals surface area contributed by atoms with Crippen molar-refractivity contribution >= 4 is 29.3 Å². The van der Waals surface area contributed by atoms with Crippen molar-refractivity contribution in [3.05, 3.63) is 53.2 Å². The van der Waals surface area contributed by atoms with Crippen LogP contribution in [0.1, 0.15) is 21.8 Å². The van der Waals surface area contributed by atoms with Gasteiger partial charge in [-0.3, -0.25) is 0 Å². The molecule has 0 saturated heterocycles. The molecule has 0 spiro atoms. The van der Waals surface area contributed by atoms with Crippen LogP contribution in [0, 0.1) is 0 Å². The van der Waals surface area contributed by atoms with Crippen LogP contribution in [0.3, 0.4) is 0 Å². The zero-order valence-corrected chi connectivity index (χ0v) is 10.6. The Bertz CT molecular complexity index is 609. The van der Waals surface area contributed by atoms with Crippen molar-refractivity contribution in [3.63, 3.8) is 0 Å². The fraction of sp³-hybridized carbons (Fsp3) is 0.0769. The predicted molar refractivity (Wildman–Crippen MR) is 72.3 cm³/mol. The number of rotatable bonds is 5. The lowest BCUT2D eigenvalue weighted by Gasteiger charge is -2.11. The molecule has 0 aromatic carbocycles. The van der Waals surface area contributed by atoms with E-state index >= 15 is 0 Å². The number of carboxylic acids is 1. The molecule has 0 aliphatic heterocycles. The summed E-state index contributed by atoms with van der Waals surface area (Å²) in [5, 5.41) is 12.2. The summed E-state index contributed by atoms with van der Waals surface area (Å²) in [6, 6.07) is 5.13. The van der Waals surface area contributed by atoms with Crippen LogP contribution in [-0.4, -0.2) is 16.1 Å². The van der Waals surface area contributed by atoms with E-state index in [1.807, 2.05) is 6.07 Å². The fourth-order valence-electron chi connectivity index (χ4n) is 1.64. The SMILES string of the molecule is C=Cc1c(NCc2ccco2)cc(Cl)nc1C(=O)O. The van der Waals surface area contributed by atoms with Crippen LogP contribution in [0.5, 0.6) is 0 Å². The first-order valence-corrected chi connectivity index (χ1v) is 5.82. The summed E-state index contributed by atoms with van der Waals surface area (Å²) in [5.41, 5.74) is 0.803. The highest BCUT2D eigenvalue weighted by atomic mass is 35.5. The molecule has 19 heavy (non-hydrogen) atoms. The molecule has 0 unspecified atom stereocenters. The molecule has 2 aromatic rings. The van der Waals surface area contributed by atoms with Crippen LogP contribution in [0.15, 0.2) is 35.5 Å². The lowest BCUT2D eigenvalue weighted by atomic mass is 10.1. The normalized spacial score (nSPS) is 10.2. The molecule has 0 aliphatic carbocycles. The quantitative estimate of drug-likeness (QED) is 0.821. The second-order valence-electron chi connectivity index (χ2n) is 3.70. The Morgan fingerprint density at radius 1 is 1.63 bits per heavy atom. The number of aromatic nitrogens is 1. The van der Waals surface area contributed by atoms with Gasteiger partial charge in [0.15, 0.2) is 5.69 Å². The minimum atomic E-state index is -1.15. The van der Waals surface area contributed by atoms with E-state index in [-0.39, 0.29) is 10.8 Å². The molecule has 6 heteroatoms. The molecule has 98 valence electrons. The fourth-order valence-corrected chi connectivity index (χ4v) is 1.83. The van der Waals surface area contributed by atoms with Gasteiger partial charge in [-0.1, -0.05) is 24.3 Å². The number of halogens is 1.